The van der Waals surface area contributed by atoms with Crippen LogP contribution in [0, 0.1) is 0 Å². The van der Waals surface area contributed by atoms with Gasteiger partial charge >= 0.3 is 0 Å². The number of aromatic nitrogens is 6. The first-order chi connectivity index (χ1) is 28.8. The van der Waals surface area contributed by atoms with Crippen LogP contribution in [0.5, 0.6) is 0 Å². The fraction of sp³-hybridized carbons (Fsp3) is 0.135. The van der Waals surface area contributed by atoms with E-state index in [1.54, 1.807) is 0 Å². The summed E-state index contributed by atoms with van der Waals surface area (Å²) < 4.78 is 6.92. The van der Waals surface area contributed by atoms with Gasteiger partial charge in [-0.2, -0.15) is 15.0 Å². The molecule has 0 unspecified atom stereocenters. The normalized spacial score (nSPS) is 14.9. The van der Waals surface area contributed by atoms with Gasteiger partial charge in [-0.1, -0.05) is 147 Å². The van der Waals surface area contributed by atoms with Gasteiger partial charge in [0, 0.05) is 37.9 Å². The van der Waals surface area contributed by atoms with E-state index in [2.05, 4.69) is 198 Å². The van der Waals surface area contributed by atoms with Crippen molar-refractivity contribution < 1.29 is 0 Å². The highest BCUT2D eigenvalue weighted by Gasteiger charge is 2.40. The maximum Gasteiger partial charge on any atom is 0.240 e. The molecule has 12 rings (SSSR count). The molecule has 1 aliphatic heterocycles. The number of hydrogen-bond acceptors (Lipinski definition) is 3. The van der Waals surface area contributed by atoms with Gasteiger partial charge in [-0.25, -0.2) is 0 Å². The van der Waals surface area contributed by atoms with Crippen LogP contribution in [0.1, 0.15) is 25.8 Å². The van der Waals surface area contributed by atoms with Crippen LogP contribution >= 0.6 is 0 Å². The smallest absolute Gasteiger partial charge is 0.240 e. The van der Waals surface area contributed by atoms with E-state index in [4.69, 9.17) is 15.0 Å². The topological polar surface area (TPSA) is 53.5 Å². The molecule has 0 saturated heterocycles. The summed E-state index contributed by atoms with van der Waals surface area (Å²) in [4.78, 5) is 16.7. The van der Waals surface area contributed by atoms with Gasteiger partial charge in [-0.05, 0) is 65.9 Å². The molecule has 0 spiro atoms. The summed E-state index contributed by atoms with van der Waals surface area (Å²) in [5.41, 5.74) is 10.1. The van der Waals surface area contributed by atoms with Crippen molar-refractivity contribution >= 4 is 78.7 Å². The van der Waals surface area contributed by atoms with Crippen molar-refractivity contribution in [1.82, 2.24) is 28.7 Å². The van der Waals surface area contributed by atoms with E-state index < -0.39 is 8.07 Å². The van der Waals surface area contributed by atoms with E-state index >= 15 is 0 Å². The molecule has 0 radical (unpaired) electrons. The van der Waals surface area contributed by atoms with E-state index in [1.807, 2.05) is 0 Å². The lowest BCUT2D eigenvalue weighted by Gasteiger charge is -2.41. The highest BCUT2D eigenvalue weighted by molar-refractivity contribution is 6.90. The summed E-state index contributed by atoms with van der Waals surface area (Å²) >= 11 is 0. The van der Waals surface area contributed by atoms with Gasteiger partial charge in [0.05, 0.1) is 46.9 Å². The SMILES string of the molecule is CC1(C)CC[Si](C)(C)c2cc(-n3c4ccccc4c4ccccc43)c(-c3nc(-n4c5ccccc5c5ccccc54)nc(-n4c5ccccc5c5ccccc54)n3)cc21. The summed E-state index contributed by atoms with van der Waals surface area (Å²) in [6, 6.07) is 58.2. The van der Waals surface area contributed by atoms with E-state index in [9.17, 15) is 0 Å². The predicted molar refractivity (Wildman–Crippen MR) is 248 cm³/mol. The Labute approximate surface area is 343 Å². The molecular weight excluding hydrogens is 737 g/mol. The first kappa shape index (κ1) is 34.2. The Hall–Kier alpha value is -6.83. The van der Waals surface area contributed by atoms with Crippen molar-refractivity contribution in [3.63, 3.8) is 0 Å². The average Bonchev–Trinajstić information content (AvgIpc) is 3.91. The quantitative estimate of drug-likeness (QED) is 0.167. The standard InChI is InChI=1S/C52H42N6Si/c1-52(2)29-30-59(3,4)48-32-47(56-41-23-11-5-17-33(41)34-18-6-12-24-42(34)56)39(31-40(48)52)49-53-50(57-43-25-13-7-19-35(43)36-20-8-14-26-44(36)57)55-51(54-49)58-45-27-15-9-21-37(45)38-22-10-16-28-46(38)58/h5-28,31-32H,29-30H2,1-4H3. The zero-order chi connectivity index (χ0) is 39.6. The number of rotatable bonds is 4. The third kappa shape index (κ3) is 4.94. The Bertz CT molecular complexity index is 3240. The molecule has 0 bridgehead atoms. The number of benzene rings is 7. The molecule has 0 amide bonds. The molecular formula is C52H42N6Si. The summed E-state index contributed by atoms with van der Waals surface area (Å²) in [5, 5.41) is 8.64. The van der Waals surface area contributed by atoms with Crippen LogP contribution in [0.15, 0.2) is 158 Å². The van der Waals surface area contributed by atoms with E-state index in [0.717, 1.165) is 61.3 Å². The molecule has 1 aliphatic rings. The molecule has 7 aromatic carbocycles. The molecule has 4 aromatic heterocycles. The van der Waals surface area contributed by atoms with Crippen LogP contribution in [0.3, 0.4) is 0 Å². The Kier molecular flexibility index (Phi) is 7.16. The fourth-order valence-electron chi connectivity index (χ4n) is 10.1. The van der Waals surface area contributed by atoms with Gasteiger partial charge in [0.15, 0.2) is 5.82 Å². The van der Waals surface area contributed by atoms with Crippen LogP contribution in [-0.4, -0.2) is 36.7 Å². The number of nitrogens with zero attached hydrogens (tertiary/aromatic N) is 6. The largest absolute Gasteiger partial charge is 0.309 e. The predicted octanol–water partition coefficient (Wildman–Crippen LogP) is 12.4. The van der Waals surface area contributed by atoms with Gasteiger partial charge in [-0.3, -0.25) is 9.13 Å². The molecule has 0 atom stereocenters. The van der Waals surface area contributed by atoms with E-state index in [0.29, 0.717) is 17.7 Å². The minimum atomic E-state index is -1.81. The zero-order valence-electron chi connectivity index (χ0n) is 33.6. The molecule has 0 aliphatic carbocycles. The van der Waals surface area contributed by atoms with E-state index in [-0.39, 0.29) is 5.41 Å². The zero-order valence-corrected chi connectivity index (χ0v) is 34.6. The van der Waals surface area contributed by atoms with Gasteiger partial charge in [0.2, 0.25) is 11.9 Å². The van der Waals surface area contributed by atoms with Crippen molar-refractivity contribution in [3.8, 4) is 29.0 Å². The van der Waals surface area contributed by atoms with Gasteiger partial charge < -0.3 is 4.57 Å². The van der Waals surface area contributed by atoms with E-state index in [1.165, 1.54) is 38.6 Å². The van der Waals surface area contributed by atoms with Crippen LogP contribution in [0.25, 0.3) is 94.4 Å². The highest BCUT2D eigenvalue weighted by Crippen LogP contribution is 2.43. The van der Waals surface area contributed by atoms with Crippen molar-refractivity contribution in [2.45, 2.75) is 44.8 Å². The van der Waals surface area contributed by atoms with Crippen molar-refractivity contribution in [1.29, 1.82) is 0 Å². The van der Waals surface area contributed by atoms with Crippen molar-refractivity contribution in [2.75, 3.05) is 0 Å². The Balaban J connectivity index is 1.26. The molecule has 6 nitrogen and oxygen atoms in total. The number of fused-ring (bicyclic) bond motifs is 10. The molecule has 11 aromatic rings. The third-order valence-corrected chi connectivity index (χ3v) is 16.6. The van der Waals surface area contributed by atoms with Gasteiger partial charge in [-0.15, -0.1) is 0 Å². The number of para-hydroxylation sites is 6. The molecule has 5 heterocycles. The lowest BCUT2D eigenvalue weighted by molar-refractivity contribution is 0.498. The first-order valence-electron chi connectivity index (χ1n) is 20.7. The molecule has 0 saturated carbocycles. The minimum absolute atomic E-state index is 0.00961. The van der Waals surface area contributed by atoms with Crippen molar-refractivity contribution in [3.05, 3.63) is 163 Å². The maximum absolute atomic E-state index is 5.61. The fourth-order valence-corrected chi connectivity index (χ4v) is 13.3. The molecule has 0 fully saturated rings. The Morgan fingerprint density at radius 2 is 0.814 bits per heavy atom. The lowest BCUT2D eigenvalue weighted by atomic mass is 9.80. The average molecular weight is 779 g/mol. The van der Waals surface area contributed by atoms with Gasteiger partial charge in [0.25, 0.3) is 0 Å². The maximum atomic E-state index is 5.61. The number of hydrogen-bond donors (Lipinski definition) is 0. The molecule has 59 heavy (non-hydrogen) atoms. The molecule has 7 heteroatoms. The van der Waals surface area contributed by atoms with Crippen LogP contribution in [0.4, 0.5) is 0 Å². The second-order valence-electron chi connectivity index (χ2n) is 17.6. The second kappa shape index (κ2) is 12.3. The van der Waals surface area contributed by atoms with Crippen molar-refractivity contribution in [2.24, 2.45) is 0 Å². The summed E-state index contributed by atoms with van der Waals surface area (Å²) in [6.45, 7) is 9.92. The van der Waals surface area contributed by atoms with Gasteiger partial charge in [0.1, 0.15) is 0 Å². The highest BCUT2D eigenvalue weighted by atomic mass is 28.3. The molecule has 0 N–H and O–H groups in total. The lowest BCUT2D eigenvalue weighted by Crippen LogP contribution is -2.51. The Morgan fingerprint density at radius 1 is 0.458 bits per heavy atom. The van der Waals surface area contributed by atoms with Crippen LogP contribution in [-0.2, 0) is 5.41 Å². The summed E-state index contributed by atoms with van der Waals surface area (Å²) in [5.74, 6) is 1.82. The molecule has 284 valence electrons. The summed E-state index contributed by atoms with van der Waals surface area (Å²) in [6.07, 6.45) is 1.16. The monoisotopic (exact) mass is 778 g/mol. The van der Waals surface area contributed by atoms with Crippen LogP contribution in [0.2, 0.25) is 19.1 Å². The third-order valence-electron chi connectivity index (χ3n) is 13.2. The minimum Gasteiger partial charge on any atom is -0.309 e. The van der Waals surface area contributed by atoms with Crippen LogP contribution < -0.4 is 5.19 Å². The Morgan fingerprint density at radius 3 is 1.20 bits per heavy atom. The second-order valence-corrected chi connectivity index (χ2v) is 22.4. The first-order valence-corrected chi connectivity index (χ1v) is 23.9. The summed E-state index contributed by atoms with van der Waals surface area (Å²) in [7, 11) is -1.81.